The number of rotatable bonds is 3. The maximum absolute atomic E-state index is 12.4. The summed E-state index contributed by atoms with van der Waals surface area (Å²) in [6.45, 7) is 4.18. The first kappa shape index (κ1) is 15.3. The molecular weight excluding hydrogens is 262 g/mol. The van der Waals surface area contributed by atoms with Crippen LogP contribution in [-0.2, 0) is 6.54 Å². The van der Waals surface area contributed by atoms with Gasteiger partial charge in [-0.15, -0.1) is 12.4 Å². The number of nitrogens with zero attached hydrogens (tertiary/aromatic N) is 3. The highest BCUT2D eigenvalue weighted by Crippen LogP contribution is 2.13. The van der Waals surface area contributed by atoms with Gasteiger partial charge in [0.05, 0.1) is 5.69 Å². The fourth-order valence-corrected chi connectivity index (χ4v) is 2.10. The molecule has 2 heterocycles. The predicted octanol–water partition coefficient (Wildman–Crippen LogP) is 1.88. The number of halogens is 3. The topological polar surface area (TPSA) is 33.1 Å². The minimum Gasteiger partial charge on any atom is -0.311 e. The van der Waals surface area contributed by atoms with Gasteiger partial charge in [0.2, 0.25) is 0 Å². The molecule has 2 rings (SSSR count). The normalized spacial score (nSPS) is 25.2. The van der Waals surface area contributed by atoms with Gasteiger partial charge >= 0.3 is 6.55 Å². The number of hydrogen-bond acceptors (Lipinski definition) is 3. The first-order valence-electron chi connectivity index (χ1n) is 5.86. The Balaban J connectivity index is 0.00000162. The highest BCUT2D eigenvalue weighted by atomic mass is 35.5. The lowest BCUT2D eigenvalue weighted by atomic mass is 10.1. The molecule has 2 atom stereocenters. The van der Waals surface area contributed by atoms with Crippen molar-refractivity contribution in [2.75, 3.05) is 13.1 Å². The Labute approximate surface area is 112 Å². The van der Waals surface area contributed by atoms with Gasteiger partial charge in [0.1, 0.15) is 0 Å². The molecule has 1 saturated heterocycles. The van der Waals surface area contributed by atoms with Crippen LogP contribution in [0, 0.1) is 0 Å². The van der Waals surface area contributed by atoms with E-state index in [2.05, 4.69) is 29.2 Å². The standard InChI is InChI=1S/C11H18F2N4.ClH/c1-8-6-16(9(2)5-14-8)7-10-3-4-17(15-10)11(12)13;/h3-4,8-9,11,14H,5-7H2,1-2H3;1H. The van der Waals surface area contributed by atoms with Crippen LogP contribution in [0.25, 0.3) is 0 Å². The van der Waals surface area contributed by atoms with Gasteiger partial charge in [-0.25, -0.2) is 4.68 Å². The fraction of sp³-hybridized carbons (Fsp3) is 0.727. The van der Waals surface area contributed by atoms with Crippen LogP contribution >= 0.6 is 12.4 Å². The van der Waals surface area contributed by atoms with Crippen LogP contribution in [0.2, 0.25) is 0 Å². The average Bonchev–Trinajstić information content (AvgIpc) is 2.72. The third-order valence-corrected chi connectivity index (χ3v) is 3.12. The zero-order chi connectivity index (χ0) is 12.4. The lowest BCUT2D eigenvalue weighted by Crippen LogP contribution is -2.53. The van der Waals surface area contributed by atoms with Gasteiger partial charge < -0.3 is 5.32 Å². The molecule has 0 spiro atoms. The Morgan fingerprint density at radius 3 is 2.83 bits per heavy atom. The summed E-state index contributed by atoms with van der Waals surface area (Å²) in [5, 5.41) is 7.25. The maximum Gasteiger partial charge on any atom is 0.333 e. The maximum atomic E-state index is 12.4. The highest BCUT2D eigenvalue weighted by molar-refractivity contribution is 5.85. The van der Waals surface area contributed by atoms with E-state index in [9.17, 15) is 8.78 Å². The van der Waals surface area contributed by atoms with Gasteiger partial charge in [0.25, 0.3) is 0 Å². The summed E-state index contributed by atoms with van der Waals surface area (Å²) in [5.74, 6) is 0. The SMILES string of the molecule is CC1CN(Cc2ccn(C(F)F)n2)C(C)CN1.Cl. The Morgan fingerprint density at radius 1 is 1.50 bits per heavy atom. The number of hydrogen-bond donors (Lipinski definition) is 1. The molecule has 104 valence electrons. The molecule has 0 amide bonds. The molecule has 7 heteroatoms. The number of piperazine rings is 1. The zero-order valence-electron chi connectivity index (χ0n) is 10.5. The van der Waals surface area contributed by atoms with Crippen molar-refractivity contribution in [3.8, 4) is 0 Å². The monoisotopic (exact) mass is 280 g/mol. The lowest BCUT2D eigenvalue weighted by Gasteiger charge is -2.37. The van der Waals surface area contributed by atoms with Crippen molar-refractivity contribution in [1.82, 2.24) is 20.0 Å². The van der Waals surface area contributed by atoms with Crippen LogP contribution < -0.4 is 5.32 Å². The summed E-state index contributed by atoms with van der Waals surface area (Å²) in [5.41, 5.74) is 0.700. The van der Waals surface area contributed by atoms with Gasteiger partial charge in [-0.3, -0.25) is 4.90 Å². The predicted molar refractivity (Wildman–Crippen MR) is 68.1 cm³/mol. The summed E-state index contributed by atoms with van der Waals surface area (Å²) in [7, 11) is 0. The molecular formula is C11H19ClF2N4. The van der Waals surface area contributed by atoms with Crippen LogP contribution in [-0.4, -0.2) is 39.9 Å². The van der Waals surface area contributed by atoms with Crippen molar-refractivity contribution in [2.24, 2.45) is 0 Å². The first-order valence-corrected chi connectivity index (χ1v) is 5.86. The molecule has 1 aromatic heterocycles. The van der Waals surface area contributed by atoms with Crippen molar-refractivity contribution in [2.45, 2.75) is 39.0 Å². The summed E-state index contributed by atoms with van der Waals surface area (Å²) in [4.78, 5) is 2.26. The van der Waals surface area contributed by atoms with E-state index in [1.165, 1.54) is 6.20 Å². The molecule has 1 aromatic rings. The van der Waals surface area contributed by atoms with E-state index in [1.54, 1.807) is 6.07 Å². The third-order valence-electron chi connectivity index (χ3n) is 3.12. The van der Waals surface area contributed by atoms with E-state index >= 15 is 0 Å². The summed E-state index contributed by atoms with van der Waals surface area (Å²) < 4.78 is 25.4. The summed E-state index contributed by atoms with van der Waals surface area (Å²) >= 11 is 0. The van der Waals surface area contributed by atoms with Crippen LogP contribution in [0.3, 0.4) is 0 Å². The first-order chi connectivity index (χ1) is 8.06. The van der Waals surface area contributed by atoms with Crippen LogP contribution in [0.15, 0.2) is 12.3 Å². The molecule has 1 N–H and O–H groups in total. The Bertz CT molecular complexity index is 372. The molecule has 2 unspecified atom stereocenters. The molecule has 0 saturated carbocycles. The second kappa shape index (κ2) is 6.45. The third kappa shape index (κ3) is 3.63. The Kier molecular flexibility index (Phi) is 5.49. The van der Waals surface area contributed by atoms with E-state index in [0.29, 0.717) is 29.0 Å². The van der Waals surface area contributed by atoms with Crippen molar-refractivity contribution in [3.63, 3.8) is 0 Å². The molecule has 1 fully saturated rings. The van der Waals surface area contributed by atoms with Crippen LogP contribution in [0.5, 0.6) is 0 Å². The van der Waals surface area contributed by atoms with Crippen LogP contribution in [0.4, 0.5) is 8.78 Å². The van der Waals surface area contributed by atoms with Gasteiger partial charge in [-0.1, -0.05) is 0 Å². The fourth-order valence-electron chi connectivity index (χ4n) is 2.10. The second-order valence-electron chi connectivity index (χ2n) is 4.65. The van der Waals surface area contributed by atoms with Crippen molar-refractivity contribution in [1.29, 1.82) is 0 Å². The van der Waals surface area contributed by atoms with E-state index in [0.717, 1.165) is 13.1 Å². The van der Waals surface area contributed by atoms with Gasteiger partial charge in [0, 0.05) is 37.9 Å². The second-order valence-corrected chi connectivity index (χ2v) is 4.65. The Morgan fingerprint density at radius 2 is 2.22 bits per heavy atom. The van der Waals surface area contributed by atoms with E-state index in [-0.39, 0.29) is 12.4 Å². The molecule has 0 bridgehead atoms. The molecule has 0 aliphatic carbocycles. The van der Waals surface area contributed by atoms with E-state index in [1.807, 2.05) is 0 Å². The number of aromatic nitrogens is 2. The minimum atomic E-state index is -2.55. The van der Waals surface area contributed by atoms with E-state index < -0.39 is 6.55 Å². The minimum absolute atomic E-state index is 0. The molecule has 18 heavy (non-hydrogen) atoms. The molecule has 0 radical (unpaired) electrons. The van der Waals surface area contributed by atoms with Crippen molar-refractivity contribution >= 4 is 12.4 Å². The number of alkyl halides is 2. The zero-order valence-corrected chi connectivity index (χ0v) is 11.3. The van der Waals surface area contributed by atoms with Gasteiger partial charge in [-0.05, 0) is 19.9 Å². The summed E-state index contributed by atoms with van der Waals surface area (Å²) in [6, 6.07) is 2.50. The molecule has 4 nitrogen and oxygen atoms in total. The quantitative estimate of drug-likeness (QED) is 0.918. The molecule has 0 aromatic carbocycles. The Hall–Kier alpha value is -0.720. The smallest absolute Gasteiger partial charge is 0.311 e. The van der Waals surface area contributed by atoms with Gasteiger partial charge in [-0.2, -0.15) is 13.9 Å². The largest absolute Gasteiger partial charge is 0.333 e. The van der Waals surface area contributed by atoms with E-state index in [4.69, 9.17) is 0 Å². The highest BCUT2D eigenvalue weighted by Gasteiger charge is 2.23. The number of nitrogens with one attached hydrogen (secondary N) is 1. The van der Waals surface area contributed by atoms with Crippen LogP contribution in [0.1, 0.15) is 26.1 Å². The molecule has 1 aliphatic heterocycles. The summed E-state index contributed by atoms with van der Waals surface area (Å²) in [6.07, 6.45) is 1.33. The average molecular weight is 281 g/mol. The van der Waals surface area contributed by atoms with Crippen molar-refractivity contribution < 1.29 is 8.78 Å². The molecule has 1 aliphatic rings. The van der Waals surface area contributed by atoms with Crippen molar-refractivity contribution in [3.05, 3.63) is 18.0 Å². The lowest BCUT2D eigenvalue weighted by molar-refractivity contribution is 0.0553. The van der Waals surface area contributed by atoms with Gasteiger partial charge in [0.15, 0.2) is 0 Å².